The molecule has 1 aromatic carbocycles. The molecule has 8 heteroatoms. The second-order valence-corrected chi connectivity index (χ2v) is 7.33. The summed E-state index contributed by atoms with van der Waals surface area (Å²) < 4.78 is 14.1. The van der Waals surface area contributed by atoms with Crippen LogP contribution >= 0.6 is 12.2 Å². The minimum absolute atomic E-state index is 0.0216. The van der Waals surface area contributed by atoms with E-state index < -0.39 is 0 Å². The Morgan fingerprint density at radius 1 is 1.39 bits per heavy atom. The van der Waals surface area contributed by atoms with Gasteiger partial charge in [-0.15, -0.1) is 0 Å². The van der Waals surface area contributed by atoms with Crippen molar-refractivity contribution in [2.75, 3.05) is 13.2 Å². The van der Waals surface area contributed by atoms with Crippen molar-refractivity contribution in [3.05, 3.63) is 40.1 Å². The molecule has 0 spiro atoms. The summed E-state index contributed by atoms with van der Waals surface area (Å²) in [6, 6.07) is 5.76. The van der Waals surface area contributed by atoms with Gasteiger partial charge >= 0.3 is 0 Å². The molecule has 1 aliphatic rings. The van der Waals surface area contributed by atoms with Crippen LogP contribution in [0.5, 0.6) is 5.75 Å². The van der Waals surface area contributed by atoms with Crippen LogP contribution < -0.4 is 10.1 Å². The molecule has 4 rings (SSSR count). The third-order valence-electron chi connectivity index (χ3n) is 5.12. The van der Waals surface area contributed by atoms with Crippen LogP contribution in [0.15, 0.2) is 22.6 Å². The lowest BCUT2D eigenvalue weighted by atomic mass is 9.96. The van der Waals surface area contributed by atoms with Crippen molar-refractivity contribution in [3.8, 4) is 5.75 Å². The third-order valence-corrected chi connectivity index (χ3v) is 5.43. The number of nitrogens with one attached hydrogen (secondary N) is 2. The van der Waals surface area contributed by atoms with Crippen LogP contribution in [0, 0.1) is 4.77 Å². The Morgan fingerprint density at radius 3 is 3.11 bits per heavy atom. The second kappa shape index (κ2) is 8.18. The first-order chi connectivity index (χ1) is 13.7. The number of ether oxygens (including phenoxy) is 1. The molecule has 0 saturated carbocycles. The van der Waals surface area contributed by atoms with Gasteiger partial charge in [0.1, 0.15) is 22.9 Å². The normalized spacial score (nSPS) is 13.5. The number of aryl methyl sites for hydroxylation is 2. The third kappa shape index (κ3) is 3.82. The molecule has 1 amide bonds. The number of nitrogens with zero attached hydrogens (tertiary/aromatic N) is 2. The summed E-state index contributed by atoms with van der Waals surface area (Å²) in [4.78, 5) is 12.1. The Bertz CT molecular complexity index is 1050. The Morgan fingerprint density at radius 2 is 2.25 bits per heavy atom. The molecule has 1 aliphatic carbocycles. The van der Waals surface area contributed by atoms with Gasteiger partial charge in [-0.3, -0.25) is 9.89 Å². The van der Waals surface area contributed by atoms with Crippen molar-refractivity contribution >= 4 is 29.1 Å². The van der Waals surface area contributed by atoms with Gasteiger partial charge < -0.3 is 19.0 Å². The average Bonchev–Trinajstić information content (AvgIpc) is 3.26. The molecule has 148 valence electrons. The van der Waals surface area contributed by atoms with E-state index in [0.29, 0.717) is 23.5 Å². The molecule has 7 nitrogen and oxygen atoms in total. The molecular weight excluding hydrogens is 376 g/mol. The van der Waals surface area contributed by atoms with E-state index in [0.717, 1.165) is 41.9 Å². The van der Waals surface area contributed by atoms with Gasteiger partial charge in [0.15, 0.2) is 11.4 Å². The fourth-order valence-electron chi connectivity index (χ4n) is 3.71. The maximum Gasteiger partial charge on any atom is 0.257 e. The van der Waals surface area contributed by atoms with Crippen molar-refractivity contribution in [3.63, 3.8) is 0 Å². The number of aromatic amines is 1. The van der Waals surface area contributed by atoms with Crippen LogP contribution in [-0.4, -0.2) is 33.8 Å². The van der Waals surface area contributed by atoms with Crippen molar-refractivity contribution in [1.82, 2.24) is 20.1 Å². The number of hydrogen-bond donors (Lipinski definition) is 2. The summed E-state index contributed by atoms with van der Waals surface area (Å²) in [5, 5.41) is 10.9. The standard InChI is InChI=1S/C20H24N4O3S/c1-2-24-18(22-23-20(24)28)9-10-21-19(25)12-26-13-7-8-17-15(11-13)14-5-3-4-6-16(14)27-17/h7-8,11H,2-6,9-10,12H2,1H3,(H,21,25)(H,23,28). The van der Waals surface area contributed by atoms with Gasteiger partial charge in [0.25, 0.3) is 5.91 Å². The lowest BCUT2D eigenvalue weighted by Crippen LogP contribution is -2.31. The van der Waals surface area contributed by atoms with E-state index in [1.54, 1.807) is 0 Å². The smallest absolute Gasteiger partial charge is 0.257 e. The van der Waals surface area contributed by atoms with E-state index in [9.17, 15) is 4.79 Å². The molecular formula is C20H24N4O3S. The number of benzene rings is 1. The lowest BCUT2D eigenvalue weighted by Gasteiger charge is -2.09. The van der Waals surface area contributed by atoms with E-state index in [2.05, 4.69) is 15.5 Å². The maximum absolute atomic E-state index is 12.1. The first kappa shape index (κ1) is 18.7. The zero-order valence-corrected chi connectivity index (χ0v) is 16.7. The highest BCUT2D eigenvalue weighted by atomic mass is 32.1. The number of hydrogen-bond acceptors (Lipinski definition) is 5. The number of amides is 1. The molecule has 0 atom stereocenters. The zero-order valence-electron chi connectivity index (χ0n) is 15.9. The molecule has 0 bridgehead atoms. The van der Waals surface area contributed by atoms with Gasteiger partial charge in [-0.2, -0.15) is 5.10 Å². The topological polar surface area (TPSA) is 85.1 Å². The Balaban J connectivity index is 1.31. The van der Waals surface area contributed by atoms with Gasteiger partial charge in [-0.05, 0) is 56.6 Å². The van der Waals surface area contributed by atoms with Crippen LogP contribution in [0.3, 0.4) is 0 Å². The first-order valence-electron chi connectivity index (χ1n) is 9.73. The molecule has 2 N–H and O–H groups in total. The predicted molar refractivity (Wildman–Crippen MR) is 108 cm³/mol. The molecule has 0 fully saturated rings. The number of aromatic nitrogens is 3. The van der Waals surface area contributed by atoms with Crippen LogP contribution in [0.4, 0.5) is 0 Å². The Kier molecular flexibility index (Phi) is 5.47. The quantitative estimate of drug-likeness (QED) is 0.594. The summed E-state index contributed by atoms with van der Waals surface area (Å²) >= 11 is 5.16. The van der Waals surface area contributed by atoms with Gasteiger partial charge in [-0.25, -0.2) is 0 Å². The van der Waals surface area contributed by atoms with Crippen LogP contribution in [-0.2, 0) is 30.6 Å². The fourth-order valence-corrected chi connectivity index (χ4v) is 3.99. The van der Waals surface area contributed by atoms with Crippen LogP contribution in [0.1, 0.15) is 36.9 Å². The van der Waals surface area contributed by atoms with Gasteiger partial charge in [0.05, 0.1) is 0 Å². The Hall–Kier alpha value is -2.61. The monoisotopic (exact) mass is 400 g/mol. The fraction of sp³-hybridized carbons (Fsp3) is 0.450. The molecule has 0 saturated heterocycles. The minimum atomic E-state index is -0.161. The van der Waals surface area contributed by atoms with E-state index >= 15 is 0 Å². The molecule has 0 unspecified atom stereocenters. The van der Waals surface area contributed by atoms with Crippen molar-refractivity contribution in [2.24, 2.45) is 0 Å². The summed E-state index contributed by atoms with van der Waals surface area (Å²) in [6.07, 6.45) is 5.03. The first-order valence-corrected chi connectivity index (χ1v) is 10.1. The summed E-state index contributed by atoms with van der Waals surface area (Å²) in [5.74, 6) is 2.46. The second-order valence-electron chi connectivity index (χ2n) is 6.95. The number of carbonyl (C=O) groups excluding carboxylic acids is 1. The molecule has 2 heterocycles. The van der Waals surface area contributed by atoms with Crippen LogP contribution in [0.2, 0.25) is 0 Å². The van der Waals surface area contributed by atoms with Crippen molar-refractivity contribution in [1.29, 1.82) is 0 Å². The summed E-state index contributed by atoms with van der Waals surface area (Å²) in [7, 11) is 0. The van der Waals surface area contributed by atoms with E-state index in [-0.39, 0.29) is 12.5 Å². The molecule has 3 aromatic rings. The van der Waals surface area contributed by atoms with Crippen LogP contribution in [0.25, 0.3) is 11.0 Å². The number of carbonyl (C=O) groups is 1. The predicted octanol–water partition coefficient (Wildman–Crippen LogP) is 3.32. The molecule has 2 aromatic heterocycles. The molecule has 0 radical (unpaired) electrons. The lowest BCUT2D eigenvalue weighted by molar-refractivity contribution is -0.123. The van der Waals surface area contributed by atoms with Gasteiger partial charge in [0.2, 0.25) is 0 Å². The highest BCUT2D eigenvalue weighted by Crippen LogP contribution is 2.33. The molecule has 0 aliphatic heterocycles. The zero-order chi connectivity index (χ0) is 19.5. The molecule has 28 heavy (non-hydrogen) atoms. The minimum Gasteiger partial charge on any atom is -0.484 e. The van der Waals surface area contributed by atoms with E-state index in [1.807, 2.05) is 29.7 Å². The highest BCUT2D eigenvalue weighted by Gasteiger charge is 2.18. The average molecular weight is 401 g/mol. The number of fused-ring (bicyclic) bond motifs is 3. The van der Waals surface area contributed by atoms with Crippen molar-refractivity contribution in [2.45, 2.75) is 45.6 Å². The van der Waals surface area contributed by atoms with E-state index in [4.69, 9.17) is 21.4 Å². The number of furan rings is 1. The largest absolute Gasteiger partial charge is 0.484 e. The van der Waals surface area contributed by atoms with E-state index in [1.165, 1.54) is 18.4 Å². The number of rotatable bonds is 7. The van der Waals surface area contributed by atoms with Gasteiger partial charge in [0, 0.05) is 36.9 Å². The summed E-state index contributed by atoms with van der Waals surface area (Å²) in [5.41, 5.74) is 2.19. The van der Waals surface area contributed by atoms with Crippen molar-refractivity contribution < 1.29 is 13.9 Å². The highest BCUT2D eigenvalue weighted by molar-refractivity contribution is 7.71. The van der Waals surface area contributed by atoms with Gasteiger partial charge in [-0.1, -0.05) is 0 Å². The maximum atomic E-state index is 12.1. The summed E-state index contributed by atoms with van der Waals surface area (Å²) in [6.45, 7) is 3.22. The Labute approximate surface area is 168 Å². The SMILES string of the molecule is CCn1c(CCNC(=O)COc2ccc3oc4c(c3c2)CCCC4)n[nH]c1=S. The number of H-pyrrole nitrogens is 1.